The summed E-state index contributed by atoms with van der Waals surface area (Å²) in [4.78, 5) is 16.1. The zero-order chi connectivity index (χ0) is 11.7. The first-order valence-electron chi connectivity index (χ1n) is 5.47. The number of rotatable bonds is 2. The number of aromatic nitrogens is 1. The van der Waals surface area contributed by atoms with Crippen LogP contribution < -0.4 is 5.01 Å². The van der Waals surface area contributed by atoms with E-state index in [2.05, 4.69) is 10.1 Å². The Balaban J connectivity index is 2.36. The SMILES string of the molecule is CCC1=NN(c2cc(C)ccn2)C(=O)C1C. The van der Waals surface area contributed by atoms with Crippen molar-refractivity contribution in [1.29, 1.82) is 0 Å². The molecule has 1 aliphatic rings. The van der Waals surface area contributed by atoms with E-state index in [-0.39, 0.29) is 11.8 Å². The van der Waals surface area contributed by atoms with Gasteiger partial charge in [0.25, 0.3) is 5.91 Å². The molecule has 4 nitrogen and oxygen atoms in total. The number of carbonyl (C=O) groups excluding carboxylic acids is 1. The van der Waals surface area contributed by atoms with Gasteiger partial charge >= 0.3 is 0 Å². The summed E-state index contributed by atoms with van der Waals surface area (Å²) in [6.07, 6.45) is 2.50. The largest absolute Gasteiger partial charge is 0.272 e. The summed E-state index contributed by atoms with van der Waals surface area (Å²) < 4.78 is 0. The molecule has 0 radical (unpaired) electrons. The summed E-state index contributed by atoms with van der Waals surface area (Å²) in [7, 11) is 0. The third kappa shape index (κ3) is 1.71. The molecule has 1 unspecified atom stereocenters. The van der Waals surface area contributed by atoms with E-state index in [1.807, 2.05) is 32.9 Å². The summed E-state index contributed by atoms with van der Waals surface area (Å²) in [6, 6.07) is 3.77. The molecule has 4 heteroatoms. The zero-order valence-electron chi connectivity index (χ0n) is 9.77. The minimum atomic E-state index is -0.118. The molecule has 1 atom stereocenters. The molecular weight excluding hydrogens is 202 g/mol. The Morgan fingerprint density at radius 2 is 2.25 bits per heavy atom. The average molecular weight is 217 g/mol. The van der Waals surface area contributed by atoms with Crippen molar-refractivity contribution >= 4 is 17.4 Å². The van der Waals surface area contributed by atoms with Crippen LogP contribution in [0.2, 0.25) is 0 Å². The molecule has 1 amide bonds. The first-order chi connectivity index (χ1) is 7.63. The maximum atomic E-state index is 12.0. The van der Waals surface area contributed by atoms with Crippen molar-refractivity contribution in [2.45, 2.75) is 27.2 Å². The average Bonchev–Trinajstić information content (AvgIpc) is 2.56. The molecule has 0 N–H and O–H groups in total. The molecule has 16 heavy (non-hydrogen) atoms. The van der Waals surface area contributed by atoms with E-state index in [0.29, 0.717) is 5.82 Å². The van der Waals surface area contributed by atoms with Gasteiger partial charge in [-0.25, -0.2) is 4.98 Å². The van der Waals surface area contributed by atoms with Gasteiger partial charge in [0.1, 0.15) is 0 Å². The molecule has 0 saturated heterocycles. The molecule has 0 aromatic carbocycles. The Morgan fingerprint density at radius 1 is 1.50 bits per heavy atom. The van der Waals surface area contributed by atoms with E-state index in [4.69, 9.17) is 0 Å². The predicted octanol–water partition coefficient (Wildman–Crippen LogP) is 2.14. The number of nitrogens with zero attached hydrogens (tertiary/aromatic N) is 3. The van der Waals surface area contributed by atoms with Gasteiger partial charge in [-0.1, -0.05) is 6.92 Å². The third-order valence-electron chi connectivity index (χ3n) is 2.79. The molecule has 0 bridgehead atoms. The van der Waals surface area contributed by atoms with Crippen LogP contribution in [-0.2, 0) is 4.79 Å². The number of anilines is 1. The van der Waals surface area contributed by atoms with Crippen molar-refractivity contribution in [3.05, 3.63) is 23.9 Å². The summed E-state index contributed by atoms with van der Waals surface area (Å²) in [5, 5.41) is 5.73. The van der Waals surface area contributed by atoms with Gasteiger partial charge in [-0.05, 0) is 38.0 Å². The fourth-order valence-electron chi connectivity index (χ4n) is 1.77. The lowest BCUT2D eigenvalue weighted by molar-refractivity contribution is -0.119. The Kier molecular flexibility index (Phi) is 2.73. The van der Waals surface area contributed by atoms with Crippen LogP contribution in [0, 0.1) is 12.8 Å². The van der Waals surface area contributed by atoms with E-state index in [1.54, 1.807) is 6.20 Å². The number of hydrogen-bond donors (Lipinski definition) is 0. The van der Waals surface area contributed by atoms with Crippen molar-refractivity contribution < 1.29 is 4.79 Å². The molecule has 1 aromatic rings. The molecule has 0 spiro atoms. The first-order valence-corrected chi connectivity index (χ1v) is 5.47. The van der Waals surface area contributed by atoms with E-state index in [0.717, 1.165) is 17.7 Å². The lowest BCUT2D eigenvalue weighted by Gasteiger charge is -2.11. The van der Waals surface area contributed by atoms with Crippen molar-refractivity contribution in [2.75, 3.05) is 5.01 Å². The fourth-order valence-corrected chi connectivity index (χ4v) is 1.77. The smallest absolute Gasteiger partial charge is 0.257 e. The summed E-state index contributed by atoms with van der Waals surface area (Å²) in [5.41, 5.74) is 2.00. The van der Waals surface area contributed by atoms with Gasteiger partial charge in [0, 0.05) is 6.20 Å². The Bertz CT molecular complexity index is 453. The van der Waals surface area contributed by atoms with Crippen LogP contribution in [0.1, 0.15) is 25.8 Å². The van der Waals surface area contributed by atoms with Crippen molar-refractivity contribution in [2.24, 2.45) is 11.0 Å². The highest BCUT2D eigenvalue weighted by Gasteiger charge is 2.32. The minimum absolute atomic E-state index is 0.00921. The fraction of sp³-hybridized carbons (Fsp3) is 0.417. The maximum Gasteiger partial charge on any atom is 0.257 e. The number of amides is 1. The zero-order valence-corrected chi connectivity index (χ0v) is 9.77. The van der Waals surface area contributed by atoms with E-state index in [9.17, 15) is 4.79 Å². The maximum absolute atomic E-state index is 12.0. The third-order valence-corrected chi connectivity index (χ3v) is 2.79. The van der Waals surface area contributed by atoms with Crippen LogP contribution in [0.4, 0.5) is 5.82 Å². The van der Waals surface area contributed by atoms with Gasteiger partial charge in [-0.15, -0.1) is 0 Å². The van der Waals surface area contributed by atoms with Crippen LogP contribution in [0.5, 0.6) is 0 Å². The molecule has 0 aliphatic carbocycles. The van der Waals surface area contributed by atoms with Crippen LogP contribution in [0.3, 0.4) is 0 Å². The quantitative estimate of drug-likeness (QED) is 0.761. The van der Waals surface area contributed by atoms with Gasteiger partial charge in [0.2, 0.25) is 0 Å². The topological polar surface area (TPSA) is 45.6 Å². The van der Waals surface area contributed by atoms with Gasteiger partial charge in [-0.2, -0.15) is 10.1 Å². The number of pyridine rings is 1. The predicted molar refractivity (Wildman–Crippen MR) is 63.4 cm³/mol. The van der Waals surface area contributed by atoms with E-state index < -0.39 is 0 Å². The highest BCUT2D eigenvalue weighted by Crippen LogP contribution is 2.23. The van der Waals surface area contributed by atoms with Gasteiger partial charge in [0.05, 0.1) is 11.6 Å². The second kappa shape index (κ2) is 4.04. The van der Waals surface area contributed by atoms with E-state index >= 15 is 0 Å². The molecule has 2 heterocycles. The first kappa shape index (κ1) is 10.8. The highest BCUT2D eigenvalue weighted by atomic mass is 16.2. The second-order valence-corrected chi connectivity index (χ2v) is 4.01. The van der Waals surface area contributed by atoms with E-state index in [1.165, 1.54) is 5.01 Å². The second-order valence-electron chi connectivity index (χ2n) is 4.01. The Morgan fingerprint density at radius 3 is 2.81 bits per heavy atom. The lowest BCUT2D eigenvalue weighted by atomic mass is 10.0. The van der Waals surface area contributed by atoms with Crippen molar-refractivity contribution in [3.63, 3.8) is 0 Å². The lowest BCUT2D eigenvalue weighted by Crippen LogP contribution is -2.26. The van der Waals surface area contributed by atoms with Crippen LogP contribution in [0.25, 0.3) is 0 Å². The number of carbonyl (C=O) groups is 1. The molecule has 1 aliphatic heterocycles. The number of hydrogen-bond acceptors (Lipinski definition) is 3. The van der Waals surface area contributed by atoms with Gasteiger partial charge in [-0.3, -0.25) is 4.79 Å². The highest BCUT2D eigenvalue weighted by molar-refractivity contribution is 6.14. The van der Waals surface area contributed by atoms with Gasteiger partial charge in [0.15, 0.2) is 5.82 Å². The summed E-state index contributed by atoms with van der Waals surface area (Å²) in [6.45, 7) is 5.87. The Labute approximate surface area is 95.0 Å². The van der Waals surface area contributed by atoms with Crippen LogP contribution >= 0.6 is 0 Å². The molecule has 0 saturated carbocycles. The van der Waals surface area contributed by atoms with Gasteiger partial charge < -0.3 is 0 Å². The molecule has 2 rings (SSSR count). The van der Waals surface area contributed by atoms with Crippen molar-refractivity contribution in [3.8, 4) is 0 Å². The number of hydrazone groups is 1. The molecule has 84 valence electrons. The summed E-state index contributed by atoms with van der Waals surface area (Å²) >= 11 is 0. The normalized spacial score (nSPS) is 20.2. The molecular formula is C12H15N3O. The van der Waals surface area contributed by atoms with Crippen LogP contribution in [-0.4, -0.2) is 16.6 Å². The van der Waals surface area contributed by atoms with Crippen LogP contribution in [0.15, 0.2) is 23.4 Å². The Hall–Kier alpha value is -1.71. The number of aryl methyl sites for hydroxylation is 1. The summed E-state index contributed by atoms with van der Waals surface area (Å²) in [5.74, 6) is 0.502. The minimum Gasteiger partial charge on any atom is -0.272 e. The van der Waals surface area contributed by atoms with Crippen molar-refractivity contribution in [1.82, 2.24) is 4.98 Å². The standard InChI is InChI=1S/C12H15N3O/c1-4-10-9(3)12(16)15(14-10)11-7-8(2)5-6-13-11/h5-7,9H,4H2,1-3H3. The molecule has 1 aromatic heterocycles. The molecule has 0 fully saturated rings. The monoisotopic (exact) mass is 217 g/mol.